The second-order valence-corrected chi connectivity index (χ2v) is 7.14. The molecule has 0 unspecified atom stereocenters. The molecule has 3 N–H and O–H groups in total. The fourth-order valence-corrected chi connectivity index (χ4v) is 2.93. The van der Waals surface area contributed by atoms with E-state index in [9.17, 15) is 4.79 Å². The maximum atomic E-state index is 12.2. The van der Waals surface area contributed by atoms with Gasteiger partial charge in [0.2, 0.25) is 0 Å². The number of hydrogen-bond donors (Lipinski definition) is 3. The lowest BCUT2D eigenvalue weighted by Crippen LogP contribution is -2.41. The number of carbonyl (C=O) groups is 1. The highest BCUT2D eigenvalue weighted by atomic mass is 127. The number of carbonyl (C=O) groups excluding carboxylic acids is 1. The molecule has 0 aromatic heterocycles. The lowest BCUT2D eigenvalue weighted by atomic mass is 10.1. The van der Waals surface area contributed by atoms with Crippen LogP contribution in [0.15, 0.2) is 47.5 Å². The number of ether oxygens (including phenoxy) is 3. The molecule has 0 fully saturated rings. The monoisotopic (exact) mass is 570 g/mol. The number of halogens is 1. The largest absolute Gasteiger partial charge is 0.497 e. The molecule has 0 bridgehead atoms. The van der Waals surface area contributed by atoms with E-state index in [1.54, 1.807) is 45.5 Å². The van der Waals surface area contributed by atoms with Gasteiger partial charge < -0.3 is 30.2 Å². The lowest BCUT2D eigenvalue weighted by molar-refractivity contribution is 0.0954. The van der Waals surface area contributed by atoms with E-state index in [0.29, 0.717) is 44.4 Å². The van der Waals surface area contributed by atoms with Gasteiger partial charge in [-0.05, 0) is 42.8 Å². The summed E-state index contributed by atoms with van der Waals surface area (Å²) in [5.41, 5.74) is 2.78. The van der Waals surface area contributed by atoms with Gasteiger partial charge in [0.25, 0.3) is 5.91 Å². The Kier molecular flexibility index (Phi) is 13.9. The summed E-state index contributed by atoms with van der Waals surface area (Å²) in [6.45, 7) is 4.88. The Hall–Kier alpha value is -2.53. The average Bonchev–Trinajstić information content (AvgIpc) is 2.82. The van der Waals surface area contributed by atoms with Gasteiger partial charge >= 0.3 is 0 Å². The minimum absolute atomic E-state index is 0. The summed E-state index contributed by atoms with van der Waals surface area (Å²) < 4.78 is 16.1. The van der Waals surface area contributed by atoms with E-state index in [0.717, 1.165) is 29.0 Å². The number of benzene rings is 2. The maximum Gasteiger partial charge on any atom is 0.251 e. The number of methoxy groups -OCH3 is 2. The van der Waals surface area contributed by atoms with Crippen molar-refractivity contribution in [2.75, 3.05) is 47.6 Å². The SMILES string of the molecule is CN=C(NCCNC(=O)c1ccc(OC)cc1)NCc1ccc(C)cc1OCCCOC.I. The third-order valence-corrected chi connectivity index (χ3v) is 4.70. The van der Waals surface area contributed by atoms with Gasteiger partial charge in [0.05, 0.1) is 13.7 Å². The van der Waals surface area contributed by atoms with Crippen LogP contribution in [0.2, 0.25) is 0 Å². The highest BCUT2D eigenvalue weighted by molar-refractivity contribution is 14.0. The highest BCUT2D eigenvalue weighted by Crippen LogP contribution is 2.20. The van der Waals surface area contributed by atoms with E-state index in [1.165, 1.54) is 0 Å². The molecular weight excluding hydrogens is 535 g/mol. The predicted octanol–water partition coefficient (Wildman–Crippen LogP) is 3.13. The Morgan fingerprint density at radius 2 is 1.70 bits per heavy atom. The van der Waals surface area contributed by atoms with Gasteiger partial charge in [0.1, 0.15) is 11.5 Å². The van der Waals surface area contributed by atoms with Crippen molar-refractivity contribution in [3.63, 3.8) is 0 Å². The minimum Gasteiger partial charge on any atom is -0.497 e. The van der Waals surface area contributed by atoms with Crippen molar-refractivity contribution in [2.24, 2.45) is 4.99 Å². The normalized spacial score (nSPS) is 10.7. The van der Waals surface area contributed by atoms with E-state index < -0.39 is 0 Å². The Morgan fingerprint density at radius 1 is 0.970 bits per heavy atom. The van der Waals surface area contributed by atoms with Crippen LogP contribution in [-0.4, -0.2) is 59.4 Å². The maximum absolute atomic E-state index is 12.2. The van der Waals surface area contributed by atoms with Crippen LogP contribution in [0.1, 0.15) is 27.9 Å². The van der Waals surface area contributed by atoms with Gasteiger partial charge in [-0.2, -0.15) is 0 Å². The van der Waals surface area contributed by atoms with Crippen LogP contribution < -0.4 is 25.4 Å². The fourth-order valence-electron chi connectivity index (χ4n) is 2.93. The second-order valence-electron chi connectivity index (χ2n) is 7.14. The van der Waals surface area contributed by atoms with E-state index in [2.05, 4.69) is 33.1 Å². The molecule has 0 aliphatic carbocycles. The van der Waals surface area contributed by atoms with Gasteiger partial charge in [-0.15, -0.1) is 24.0 Å². The summed E-state index contributed by atoms with van der Waals surface area (Å²) in [6.07, 6.45) is 0.836. The number of amides is 1. The first-order chi connectivity index (χ1) is 15.6. The van der Waals surface area contributed by atoms with E-state index in [-0.39, 0.29) is 29.9 Å². The van der Waals surface area contributed by atoms with Crippen molar-refractivity contribution >= 4 is 35.8 Å². The predicted molar refractivity (Wildman–Crippen MR) is 142 cm³/mol. The van der Waals surface area contributed by atoms with Crippen molar-refractivity contribution in [1.29, 1.82) is 0 Å². The molecule has 0 saturated heterocycles. The third-order valence-electron chi connectivity index (χ3n) is 4.70. The van der Waals surface area contributed by atoms with Crippen LogP contribution in [0.25, 0.3) is 0 Å². The molecule has 0 heterocycles. The van der Waals surface area contributed by atoms with E-state index in [4.69, 9.17) is 14.2 Å². The van der Waals surface area contributed by atoms with Crippen LogP contribution in [0.5, 0.6) is 11.5 Å². The standard InChI is InChI=1S/C24H34N4O4.HI/c1-18-6-7-20(22(16-18)32-15-5-14-30-3)17-28-24(25-2)27-13-12-26-23(29)19-8-10-21(31-4)11-9-19;/h6-11,16H,5,12-15,17H2,1-4H3,(H,26,29)(H2,25,27,28);1H. The number of nitrogens with zero attached hydrogens (tertiary/aromatic N) is 1. The summed E-state index contributed by atoms with van der Waals surface area (Å²) in [5, 5.41) is 9.37. The quantitative estimate of drug-likeness (QED) is 0.157. The molecule has 0 aliphatic rings. The van der Waals surface area contributed by atoms with Gasteiger partial charge in [-0.3, -0.25) is 9.79 Å². The molecule has 8 nitrogen and oxygen atoms in total. The van der Waals surface area contributed by atoms with Gasteiger partial charge in [0, 0.05) is 57.9 Å². The number of aliphatic imine (C=N–C) groups is 1. The molecule has 9 heteroatoms. The zero-order valence-electron chi connectivity index (χ0n) is 19.8. The summed E-state index contributed by atoms with van der Waals surface area (Å²) in [5.74, 6) is 2.09. The lowest BCUT2D eigenvalue weighted by Gasteiger charge is -2.16. The smallest absolute Gasteiger partial charge is 0.251 e. The number of hydrogen-bond acceptors (Lipinski definition) is 5. The second kappa shape index (κ2) is 16.1. The van der Waals surface area contributed by atoms with Crippen molar-refractivity contribution in [2.45, 2.75) is 19.9 Å². The van der Waals surface area contributed by atoms with Gasteiger partial charge in [0.15, 0.2) is 5.96 Å². The Balaban J connectivity index is 0.00000544. The zero-order valence-corrected chi connectivity index (χ0v) is 22.1. The molecule has 182 valence electrons. The first kappa shape index (κ1) is 28.5. The summed E-state index contributed by atoms with van der Waals surface area (Å²) >= 11 is 0. The topological polar surface area (TPSA) is 93.2 Å². The van der Waals surface area contributed by atoms with E-state index >= 15 is 0 Å². The number of nitrogens with one attached hydrogen (secondary N) is 3. The molecule has 0 saturated carbocycles. The van der Waals surface area contributed by atoms with Crippen molar-refractivity contribution in [3.05, 3.63) is 59.2 Å². The highest BCUT2D eigenvalue weighted by Gasteiger charge is 2.07. The van der Waals surface area contributed by atoms with Crippen LogP contribution in [0.3, 0.4) is 0 Å². The summed E-state index contributed by atoms with van der Waals surface area (Å²) in [4.78, 5) is 16.5. The molecule has 0 aliphatic heterocycles. The Morgan fingerprint density at radius 3 is 2.36 bits per heavy atom. The minimum atomic E-state index is -0.132. The molecule has 0 radical (unpaired) electrons. The van der Waals surface area contributed by atoms with Crippen molar-refractivity contribution < 1.29 is 19.0 Å². The number of aryl methyl sites for hydroxylation is 1. The van der Waals surface area contributed by atoms with Gasteiger partial charge in [-0.25, -0.2) is 0 Å². The fraction of sp³-hybridized carbons (Fsp3) is 0.417. The van der Waals surface area contributed by atoms with Crippen LogP contribution >= 0.6 is 24.0 Å². The first-order valence-electron chi connectivity index (χ1n) is 10.7. The molecule has 33 heavy (non-hydrogen) atoms. The molecule has 0 spiro atoms. The van der Waals surface area contributed by atoms with Gasteiger partial charge in [-0.1, -0.05) is 12.1 Å². The Bertz CT molecular complexity index is 875. The zero-order chi connectivity index (χ0) is 23.2. The van der Waals surface area contributed by atoms with Crippen LogP contribution in [-0.2, 0) is 11.3 Å². The summed E-state index contributed by atoms with van der Waals surface area (Å²) in [7, 11) is 4.99. The third kappa shape index (κ3) is 10.3. The molecular formula is C24H35IN4O4. The molecule has 1 amide bonds. The molecule has 2 rings (SSSR count). The number of rotatable bonds is 12. The number of guanidine groups is 1. The molecule has 2 aromatic carbocycles. The van der Waals surface area contributed by atoms with E-state index in [1.807, 2.05) is 13.0 Å². The molecule has 2 aromatic rings. The van der Waals surface area contributed by atoms with Crippen molar-refractivity contribution in [3.8, 4) is 11.5 Å². The Labute approximate surface area is 213 Å². The summed E-state index contributed by atoms with van der Waals surface area (Å²) in [6, 6.07) is 13.1. The van der Waals surface area contributed by atoms with Crippen LogP contribution in [0, 0.1) is 6.92 Å². The molecule has 0 atom stereocenters. The average molecular weight is 570 g/mol. The van der Waals surface area contributed by atoms with Crippen molar-refractivity contribution in [1.82, 2.24) is 16.0 Å². The van der Waals surface area contributed by atoms with Crippen LogP contribution in [0.4, 0.5) is 0 Å². The first-order valence-corrected chi connectivity index (χ1v) is 10.7.